The second-order valence-electron chi connectivity index (χ2n) is 4.43. The number of hydrogen-bond donors (Lipinski definition) is 2. The average molecular weight is 228 g/mol. The third kappa shape index (κ3) is 6.08. The monoisotopic (exact) mass is 228 g/mol. The normalized spacial score (nSPS) is 18.1. The van der Waals surface area contributed by atoms with Crippen LogP contribution in [0, 0.1) is 0 Å². The summed E-state index contributed by atoms with van der Waals surface area (Å²) in [6, 6.07) is 0.654. The molecular formula is C12H24N2O2. The number of methoxy groups -OCH3 is 1. The molecule has 4 nitrogen and oxygen atoms in total. The van der Waals surface area contributed by atoms with Crippen LogP contribution >= 0.6 is 0 Å². The number of hydrogen-bond acceptors (Lipinski definition) is 3. The number of ether oxygens (including phenoxy) is 1. The molecule has 0 aromatic carbocycles. The third-order valence-corrected chi connectivity index (χ3v) is 3.01. The molecule has 2 N–H and O–H groups in total. The topological polar surface area (TPSA) is 50.4 Å². The summed E-state index contributed by atoms with van der Waals surface area (Å²) in [6.07, 6.45) is 8.00. The molecule has 0 aromatic rings. The lowest BCUT2D eigenvalue weighted by Crippen LogP contribution is -2.37. The lowest BCUT2D eigenvalue weighted by atomic mass is 10.1. The Morgan fingerprint density at radius 3 is 2.50 bits per heavy atom. The molecule has 1 aliphatic rings. The van der Waals surface area contributed by atoms with Crippen molar-refractivity contribution in [3.63, 3.8) is 0 Å². The van der Waals surface area contributed by atoms with E-state index in [2.05, 4.69) is 10.6 Å². The van der Waals surface area contributed by atoms with E-state index >= 15 is 0 Å². The van der Waals surface area contributed by atoms with Crippen molar-refractivity contribution in [1.82, 2.24) is 10.6 Å². The molecule has 0 aliphatic heterocycles. The summed E-state index contributed by atoms with van der Waals surface area (Å²) in [7, 11) is 1.53. The van der Waals surface area contributed by atoms with Crippen LogP contribution in [0.25, 0.3) is 0 Å². The van der Waals surface area contributed by atoms with Crippen LogP contribution in [0.1, 0.15) is 38.5 Å². The van der Waals surface area contributed by atoms with Gasteiger partial charge in [0, 0.05) is 26.2 Å². The molecule has 0 heterocycles. The van der Waals surface area contributed by atoms with Crippen LogP contribution in [0.5, 0.6) is 0 Å². The van der Waals surface area contributed by atoms with Crippen LogP contribution in [-0.2, 0) is 9.53 Å². The summed E-state index contributed by atoms with van der Waals surface area (Å²) in [4.78, 5) is 11.1. The van der Waals surface area contributed by atoms with Gasteiger partial charge >= 0.3 is 0 Å². The maximum atomic E-state index is 11.1. The number of carbonyl (C=O) groups is 1. The number of carbonyl (C=O) groups excluding carboxylic acids is 1. The molecule has 0 spiro atoms. The van der Waals surface area contributed by atoms with Crippen molar-refractivity contribution in [1.29, 1.82) is 0 Å². The Morgan fingerprint density at radius 1 is 1.19 bits per heavy atom. The molecule has 1 fully saturated rings. The maximum absolute atomic E-state index is 11.1. The van der Waals surface area contributed by atoms with Crippen LogP contribution < -0.4 is 10.6 Å². The van der Waals surface area contributed by atoms with Crippen molar-refractivity contribution >= 4 is 5.91 Å². The Kier molecular flexibility index (Phi) is 7.17. The lowest BCUT2D eigenvalue weighted by Gasteiger charge is -2.16. The second-order valence-corrected chi connectivity index (χ2v) is 4.43. The van der Waals surface area contributed by atoms with Gasteiger partial charge in [0.05, 0.1) is 0 Å². The van der Waals surface area contributed by atoms with E-state index in [0.29, 0.717) is 12.6 Å². The summed E-state index contributed by atoms with van der Waals surface area (Å²) in [5, 5.41) is 6.32. The Morgan fingerprint density at radius 2 is 1.88 bits per heavy atom. The van der Waals surface area contributed by atoms with Crippen LogP contribution in [-0.4, -0.2) is 38.8 Å². The first kappa shape index (κ1) is 13.5. The van der Waals surface area contributed by atoms with Gasteiger partial charge in [-0.1, -0.05) is 25.7 Å². The fraction of sp³-hybridized carbons (Fsp3) is 0.917. The molecule has 0 aromatic heterocycles. The molecule has 16 heavy (non-hydrogen) atoms. The number of nitrogens with one attached hydrogen (secondary N) is 2. The van der Waals surface area contributed by atoms with Gasteiger partial charge in [-0.05, 0) is 12.8 Å². The zero-order valence-electron chi connectivity index (χ0n) is 10.3. The fourth-order valence-corrected chi connectivity index (χ4v) is 2.14. The van der Waals surface area contributed by atoms with Crippen molar-refractivity contribution in [2.45, 2.75) is 44.6 Å². The molecule has 0 bridgehead atoms. The van der Waals surface area contributed by atoms with Gasteiger partial charge in [-0.15, -0.1) is 0 Å². The van der Waals surface area contributed by atoms with E-state index in [1.165, 1.54) is 45.6 Å². The summed E-state index contributed by atoms with van der Waals surface area (Å²) in [5.74, 6) is -0.0369. The Bertz CT molecular complexity index is 189. The SMILES string of the molecule is COCC(=O)NCCNC1CCCCCC1. The van der Waals surface area contributed by atoms with Crippen LogP contribution in [0.3, 0.4) is 0 Å². The van der Waals surface area contributed by atoms with E-state index in [-0.39, 0.29) is 12.5 Å². The standard InChI is InChI=1S/C12H24N2O2/c1-16-10-12(15)14-9-8-13-11-6-4-2-3-5-7-11/h11,13H,2-10H2,1H3,(H,14,15). The van der Waals surface area contributed by atoms with E-state index in [9.17, 15) is 4.79 Å². The largest absolute Gasteiger partial charge is 0.375 e. The van der Waals surface area contributed by atoms with Crippen molar-refractivity contribution in [3.05, 3.63) is 0 Å². The molecule has 94 valence electrons. The number of rotatable bonds is 6. The van der Waals surface area contributed by atoms with Gasteiger partial charge in [-0.3, -0.25) is 4.79 Å². The molecule has 1 rings (SSSR count). The van der Waals surface area contributed by atoms with Crippen LogP contribution in [0.15, 0.2) is 0 Å². The van der Waals surface area contributed by atoms with Gasteiger partial charge in [0.1, 0.15) is 6.61 Å². The van der Waals surface area contributed by atoms with Gasteiger partial charge in [-0.2, -0.15) is 0 Å². The highest BCUT2D eigenvalue weighted by Crippen LogP contribution is 2.16. The van der Waals surface area contributed by atoms with Gasteiger partial charge in [-0.25, -0.2) is 0 Å². The van der Waals surface area contributed by atoms with E-state index in [4.69, 9.17) is 4.74 Å². The predicted molar refractivity (Wildman–Crippen MR) is 64.4 cm³/mol. The highest BCUT2D eigenvalue weighted by molar-refractivity contribution is 5.77. The Hall–Kier alpha value is -0.610. The van der Waals surface area contributed by atoms with Gasteiger partial charge in [0.25, 0.3) is 0 Å². The third-order valence-electron chi connectivity index (χ3n) is 3.01. The van der Waals surface area contributed by atoms with Crippen molar-refractivity contribution in [2.75, 3.05) is 26.8 Å². The van der Waals surface area contributed by atoms with E-state index in [1.54, 1.807) is 0 Å². The predicted octanol–water partition coefficient (Wildman–Crippen LogP) is 1.06. The summed E-state index contributed by atoms with van der Waals surface area (Å²) in [6.45, 7) is 1.71. The molecule has 0 atom stereocenters. The van der Waals surface area contributed by atoms with E-state index in [0.717, 1.165) is 6.54 Å². The first-order valence-electron chi connectivity index (χ1n) is 6.32. The molecule has 0 unspecified atom stereocenters. The molecule has 1 amide bonds. The van der Waals surface area contributed by atoms with Gasteiger partial charge in [0.2, 0.25) is 5.91 Å². The fourth-order valence-electron chi connectivity index (χ4n) is 2.14. The minimum Gasteiger partial charge on any atom is -0.375 e. The second kappa shape index (κ2) is 8.53. The maximum Gasteiger partial charge on any atom is 0.246 e. The molecule has 0 saturated heterocycles. The molecule has 1 aliphatic carbocycles. The van der Waals surface area contributed by atoms with Gasteiger partial charge in [0.15, 0.2) is 0 Å². The molecule has 1 saturated carbocycles. The molecule has 4 heteroatoms. The highest BCUT2D eigenvalue weighted by atomic mass is 16.5. The average Bonchev–Trinajstić information content (AvgIpc) is 2.53. The lowest BCUT2D eigenvalue weighted by molar-refractivity contribution is -0.124. The van der Waals surface area contributed by atoms with Gasteiger partial charge < -0.3 is 15.4 Å². The quantitative estimate of drug-likeness (QED) is 0.528. The first-order valence-corrected chi connectivity index (χ1v) is 6.32. The Balaban J connectivity index is 1.99. The van der Waals surface area contributed by atoms with Crippen molar-refractivity contribution in [3.8, 4) is 0 Å². The van der Waals surface area contributed by atoms with Crippen LogP contribution in [0.2, 0.25) is 0 Å². The summed E-state index contributed by atoms with van der Waals surface area (Å²) in [5.41, 5.74) is 0. The van der Waals surface area contributed by atoms with Crippen molar-refractivity contribution in [2.24, 2.45) is 0 Å². The zero-order chi connectivity index (χ0) is 11.6. The molecule has 0 radical (unpaired) electrons. The highest BCUT2D eigenvalue weighted by Gasteiger charge is 2.10. The zero-order valence-corrected chi connectivity index (χ0v) is 10.3. The van der Waals surface area contributed by atoms with E-state index < -0.39 is 0 Å². The Labute approximate surface area is 98.1 Å². The van der Waals surface area contributed by atoms with Crippen molar-refractivity contribution < 1.29 is 9.53 Å². The summed E-state index contributed by atoms with van der Waals surface area (Å²) >= 11 is 0. The van der Waals surface area contributed by atoms with E-state index in [1.807, 2.05) is 0 Å². The van der Waals surface area contributed by atoms with Crippen LogP contribution in [0.4, 0.5) is 0 Å². The molecular weight excluding hydrogens is 204 g/mol. The minimum atomic E-state index is -0.0369. The number of amides is 1. The summed E-state index contributed by atoms with van der Waals surface area (Å²) < 4.78 is 4.73. The first-order chi connectivity index (χ1) is 7.83. The smallest absolute Gasteiger partial charge is 0.246 e. The minimum absolute atomic E-state index is 0.0369.